The number of fused-ring (bicyclic) bond motifs is 1. The summed E-state index contributed by atoms with van der Waals surface area (Å²) in [5.74, 6) is 0. The number of anilines is 3. The van der Waals surface area contributed by atoms with Crippen LogP contribution in [0.25, 0.3) is 0 Å². The lowest BCUT2D eigenvalue weighted by Crippen LogP contribution is -2.35. The van der Waals surface area contributed by atoms with Crippen LogP contribution in [0.2, 0.25) is 0 Å². The molecule has 0 fully saturated rings. The molecule has 0 aromatic heterocycles. The van der Waals surface area contributed by atoms with Gasteiger partial charge in [-0.1, -0.05) is 115 Å². The molecule has 2 heteroatoms. The fraction of sp³-hybridized carbons (Fsp3) is 0.0909. The van der Waals surface area contributed by atoms with Crippen molar-refractivity contribution in [1.82, 2.24) is 0 Å². The summed E-state index contributed by atoms with van der Waals surface area (Å²) in [6.07, 6.45) is 0. The Morgan fingerprint density at radius 2 is 1.20 bits per heavy atom. The van der Waals surface area contributed by atoms with Gasteiger partial charge in [-0.2, -0.15) is 0 Å². The van der Waals surface area contributed by atoms with E-state index in [0.29, 0.717) is 0 Å². The molecule has 0 aliphatic carbocycles. The SMILES string of the molecule is Cc1ccccc1Nc1ccc2c(c1)NC(c1ccccc1)C2(c1ccccc1)c1ccccc1. The molecule has 1 aliphatic heterocycles. The molecule has 1 unspecified atom stereocenters. The van der Waals surface area contributed by atoms with Crippen molar-refractivity contribution in [3.8, 4) is 0 Å². The third kappa shape index (κ3) is 3.59. The summed E-state index contributed by atoms with van der Waals surface area (Å²) >= 11 is 0. The van der Waals surface area contributed by atoms with Crippen LogP contribution < -0.4 is 10.6 Å². The zero-order valence-electron chi connectivity index (χ0n) is 19.8. The Morgan fingerprint density at radius 1 is 0.629 bits per heavy atom. The predicted molar refractivity (Wildman–Crippen MR) is 146 cm³/mol. The summed E-state index contributed by atoms with van der Waals surface area (Å²) in [6.45, 7) is 2.13. The van der Waals surface area contributed by atoms with Gasteiger partial charge >= 0.3 is 0 Å². The minimum atomic E-state index is -0.361. The van der Waals surface area contributed by atoms with Gasteiger partial charge in [-0.05, 0) is 52.9 Å². The van der Waals surface area contributed by atoms with E-state index in [-0.39, 0.29) is 11.5 Å². The van der Waals surface area contributed by atoms with Gasteiger partial charge in [0.05, 0.1) is 11.5 Å². The summed E-state index contributed by atoms with van der Waals surface area (Å²) in [6, 6.07) is 47.9. The first-order valence-electron chi connectivity index (χ1n) is 12.2. The van der Waals surface area contributed by atoms with Crippen molar-refractivity contribution in [2.75, 3.05) is 10.6 Å². The zero-order chi connectivity index (χ0) is 23.7. The van der Waals surface area contributed by atoms with E-state index in [9.17, 15) is 0 Å². The van der Waals surface area contributed by atoms with Gasteiger partial charge < -0.3 is 10.6 Å². The lowest BCUT2D eigenvalue weighted by Gasteiger charge is -2.37. The number of rotatable bonds is 5. The van der Waals surface area contributed by atoms with E-state index < -0.39 is 0 Å². The Balaban J connectivity index is 1.57. The smallest absolute Gasteiger partial charge is 0.0714 e. The lowest BCUT2D eigenvalue weighted by atomic mass is 9.65. The molecular weight excluding hydrogens is 424 g/mol. The standard InChI is InChI=1S/C33H28N2/c1-24-13-11-12-20-30(24)34-28-21-22-29-31(23-28)35-32(25-14-5-2-6-15-25)33(29,26-16-7-3-8-17-26)27-18-9-4-10-19-27/h2-23,32,34-35H,1H3. The first kappa shape index (κ1) is 21.2. The Kier molecular flexibility index (Phi) is 5.35. The van der Waals surface area contributed by atoms with Crippen LogP contribution in [-0.4, -0.2) is 0 Å². The summed E-state index contributed by atoms with van der Waals surface area (Å²) in [4.78, 5) is 0. The van der Waals surface area contributed by atoms with Crippen molar-refractivity contribution in [3.63, 3.8) is 0 Å². The molecule has 6 rings (SSSR count). The topological polar surface area (TPSA) is 24.1 Å². The van der Waals surface area contributed by atoms with E-state index >= 15 is 0 Å². The minimum Gasteiger partial charge on any atom is -0.376 e. The number of nitrogens with one attached hydrogen (secondary N) is 2. The van der Waals surface area contributed by atoms with Crippen molar-refractivity contribution >= 4 is 17.1 Å². The molecule has 0 saturated heterocycles. The Bertz CT molecular complexity index is 1400. The van der Waals surface area contributed by atoms with Crippen molar-refractivity contribution in [3.05, 3.63) is 161 Å². The van der Waals surface area contributed by atoms with E-state index in [2.05, 4.69) is 151 Å². The second kappa shape index (κ2) is 8.81. The lowest BCUT2D eigenvalue weighted by molar-refractivity contribution is 0.554. The van der Waals surface area contributed by atoms with Gasteiger partial charge in [0.2, 0.25) is 0 Å². The Hall–Kier alpha value is -4.30. The third-order valence-electron chi connectivity index (χ3n) is 7.19. The van der Waals surface area contributed by atoms with Crippen molar-refractivity contribution in [2.24, 2.45) is 0 Å². The highest BCUT2D eigenvalue weighted by Gasteiger charge is 2.50. The molecule has 5 aromatic rings. The normalized spacial score (nSPS) is 15.7. The monoisotopic (exact) mass is 452 g/mol. The second-order valence-corrected chi connectivity index (χ2v) is 9.23. The second-order valence-electron chi connectivity index (χ2n) is 9.23. The molecule has 0 radical (unpaired) electrons. The van der Waals surface area contributed by atoms with Gasteiger partial charge in [0.15, 0.2) is 0 Å². The number of hydrogen-bond donors (Lipinski definition) is 2. The summed E-state index contributed by atoms with van der Waals surface area (Å²) < 4.78 is 0. The van der Waals surface area contributed by atoms with Gasteiger partial charge in [-0.25, -0.2) is 0 Å². The molecule has 1 atom stereocenters. The van der Waals surface area contributed by atoms with Crippen LogP contribution in [-0.2, 0) is 5.41 Å². The van der Waals surface area contributed by atoms with Crippen LogP contribution in [0.1, 0.15) is 33.9 Å². The highest BCUT2D eigenvalue weighted by Crippen LogP contribution is 2.56. The molecule has 2 N–H and O–H groups in total. The minimum absolute atomic E-state index is 0.0530. The molecule has 0 saturated carbocycles. The molecular formula is C33H28N2. The van der Waals surface area contributed by atoms with Crippen LogP contribution >= 0.6 is 0 Å². The molecule has 1 aliphatic rings. The molecule has 0 bridgehead atoms. The van der Waals surface area contributed by atoms with Crippen LogP contribution in [0, 0.1) is 6.92 Å². The van der Waals surface area contributed by atoms with E-state index in [1.54, 1.807) is 0 Å². The maximum Gasteiger partial charge on any atom is 0.0714 e. The quantitative estimate of drug-likeness (QED) is 0.281. The van der Waals surface area contributed by atoms with Crippen LogP contribution in [0.5, 0.6) is 0 Å². The largest absolute Gasteiger partial charge is 0.376 e. The van der Waals surface area contributed by atoms with Gasteiger partial charge in [0, 0.05) is 17.1 Å². The number of hydrogen-bond acceptors (Lipinski definition) is 2. The highest BCUT2D eigenvalue weighted by molar-refractivity contribution is 5.77. The summed E-state index contributed by atoms with van der Waals surface area (Å²) in [5, 5.41) is 7.56. The maximum atomic E-state index is 3.94. The fourth-order valence-corrected chi connectivity index (χ4v) is 5.57. The predicted octanol–water partition coefficient (Wildman–Crippen LogP) is 8.24. The van der Waals surface area contributed by atoms with Gasteiger partial charge in [-0.15, -0.1) is 0 Å². The number of benzene rings is 5. The first-order valence-corrected chi connectivity index (χ1v) is 12.2. The summed E-state index contributed by atoms with van der Waals surface area (Å²) in [5.41, 5.74) is 9.36. The average molecular weight is 453 g/mol. The van der Waals surface area contributed by atoms with E-state index in [1.165, 1.54) is 27.8 Å². The van der Waals surface area contributed by atoms with Gasteiger partial charge in [0.25, 0.3) is 0 Å². The molecule has 2 nitrogen and oxygen atoms in total. The first-order chi connectivity index (χ1) is 17.3. The van der Waals surface area contributed by atoms with Crippen LogP contribution in [0.3, 0.4) is 0 Å². The third-order valence-corrected chi connectivity index (χ3v) is 7.19. The molecule has 0 amide bonds. The van der Waals surface area contributed by atoms with E-state index in [0.717, 1.165) is 17.1 Å². The average Bonchev–Trinajstić information content (AvgIpc) is 3.27. The van der Waals surface area contributed by atoms with Gasteiger partial charge in [0.1, 0.15) is 0 Å². The summed E-state index contributed by atoms with van der Waals surface area (Å²) in [7, 11) is 0. The number of aryl methyl sites for hydroxylation is 1. The van der Waals surface area contributed by atoms with E-state index in [4.69, 9.17) is 0 Å². The number of para-hydroxylation sites is 1. The Labute approximate surface area is 207 Å². The Morgan fingerprint density at radius 3 is 1.83 bits per heavy atom. The van der Waals surface area contributed by atoms with Crippen molar-refractivity contribution in [1.29, 1.82) is 0 Å². The maximum absolute atomic E-state index is 3.94. The zero-order valence-corrected chi connectivity index (χ0v) is 19.8. The molecule has 1 heterocycles. The van der Waals surface area contributed by atoms with Gasteiger partial charge in [-0.3, -0.25) is 0 Å². The highest BCUT2D eigenvalue weighted by atomic mass is 15.0. The van der Waals surface area contributed by atoms with Crippen molar-refractivity contribution < 1.29 is 0 Å². The van der Waals surface area contributed by atoms with Crippen LogP contribution in [0.4, 0.5) is 17.1 Å². The molecule has 35 heavy (non-hydrogen) atoms. The molecule has 5 aromatic carbocycles. The fourth-order valence-electron chi connectivity index (χ4n) is 5.57. The molecule has 0 spiro atoms. The van der Waals surface area contributed by atoms with Crippen molar-refractivity contribution in [2.45, 2.75) is 18.4 Å². The van der Waals surface area contributed by atoms with Crippen LogP contribution in [0.15, 0.2) is 133 Å². The van der Waals surface area contributed by atoms with E-state index in [1.807, 2.05) is 0 Å². The molecule has 170 valence electrons.